The van der Waals surface area contributed by atoms with Gasteiger partial charge in [0.1, 0.15) is 0 Å². The van der Waals surface area contributed by atoms with Crippen LogP contribution in [0.25, 0.3) is 0 Å². The fourth-order valence-electron chi connectivity index (χ4n) is 2.14. The Hall–Kier alpha value is -2.14. The topological polar surface area (TPSA) is 119 Å². The number of carbonyl (C=O) groups excluding carboxylic acids is 1. The van der Waals surface area contributed by atoms with E-state index >= 15 is 0 Å². The van der Waals surface area contributed by atoms with E-state index in [4.69, 9.17) is 34.8 Å². The van der Waals surface area contributed by atoms with Crippen molar-refractivity contribution in [3.8, 4) is 0 Å². The van der Waals surface area contributed by atoms with Crippen LogP contribution < -0.4 is 5.32 Å². The number of hydrogen-bond acceptors (Lipinski definition) is 5. The lowest BCUT2D eigenvalue weighted by atomic mass is 10.2. The quantitative estimate of drug-likeness (QED) is 0.399. The smallest absolute Gasteiger partial charge is 0.358 e. The van der Waals surface area contributed by atoms with Gasteiger partial charge in [0.2, 0.25) is 0 Å². The largest absolute Gasteiger partial charge is 0.362 e. The van der Waals surface area contributed by atoms with E-state index in [1.54, 1.807) is 29.1 Å². The number of rotatable bonds is 5. The minimum absolute atomic E-state index is 0.187. The molecule has 1 aromatic carbocycles. The summed E-state index contributed by atoms with van der Waals surface area (Å²) in [5.74, 6) is -1.13. The van der Waals surface area contributed by atoms with E-state index in [2.05, 4.69) is 36.5 Å². The Morgan fingerprint density at radius 2 is 2.11 bits per heavy atom. The van der Waals surface area contributed by atoms with Crippen LogP contribution in [0.2, 0.25) is 15.1 Å². The molecule has 0 fully saturated rings. The molecule has 3 rings (SSSR count). The van der Waals surface area contributed by atoms with Gasteiger partial charge in [-0.05, 0) is 38.5 Å². The Morgan fingerprint density at radius 3 is 2.74 bits per heavy atom. The van der Waals surface area contributed by atoms with Gasteiger partial charge in [-0.25, -0.2) is 0 Å². The number of aromatic nitrogens is 4. The minimum Gasteiger partial charge on any atom is -0.358 e. The van der Waals surface area contributed by atoms with Gasteiger partial charge in [-0.1, -0.05) is 46.0 Å². The predicted octanol–water partition coefficient (Wildman–Crippen LogP) is 4.54. The van der Waals surface area contributed by atoms with Gasteiger partial charge in [0.05, 0.1) is 11.0 Å². The van der Waals surface area contributed by atoms with Crippen molar-refractivity contribution in [2.45, 2.75) is 6.54 Å². The number of hydrogen-bond donors (Lipinski definition) is 2. The van der Waals surface area contributed by atoms with Gasteiger partial charge in [0.15, 0.2) is 16.5 Å². The molecule has 2 heterocycles. The van der Waals surface area contributed by atoms with Crippen LogP contribution >= 0.6 is 50.7 Å². The Labute approximate surface area is 174 Å². The van der Waals surface area contributed by atoms with Gasteiger partial charge in [-0.15, -0.1) is 5.10 Å². The number of nitrogens with zero attached hydrogens (tertiary/aromatic N) is 4. The Kier molecular flexibility index (Phi) is 5.70. The van der Waals surface area contributed by atoms with E-state index in [9.17, 15) is 14.9 Å². The van der Waals surface area contributed by atoms with Gasteiger partial charge in [-0.2, -0.15) is 5.10 Å². The van der Waals surface area contributed by atoms with Crippen LogP contribution in [0.3, 0.4) is 0 Å². The van der Waals surface area contributed by atoms with E-state index in [-0.39, 0.29) is 16.5 Å². The number of benzene rings is 1. The standard InChI is InChI=1S/C14H8BrCl3N6O3/c15-8-5-23(4-6-1-2-7(16)3-9(6)17)22-12(8)19-14(25)11-10(18)13(21-20-11)24(26)27/h1-3,5H,4H2,(H,20,21)(H,19,22,25). The maximum Gasteiger partial charge on any atom is 0.362 e. The lowest BCUT2D eigenvalue weighted by Crippen LogP contribution is -2.14. The van der Waals surface area contributed by atoms with E-state index in [0.29, 0.717) is 21.1 Å². The van der Waals surface area contributed by atoms with Gasteiger partial charge in [0.25, 0.3) is 5.91 Å². The van der Waals surface area contributed by atoms with Crippen LogP contribution in [0.1, 0.15) is 16.1 Å². The maximum atomic E-state index is 12.3. The van der Waals surface area contributed by atoms with Crippen molar-refractivity contribution in [2.75, 3.05) is 5.32 Å². The summed E-state index contributed by atoms with van der Waals surface area (Å²) in [5.41, 5.74) is 0.463. The van der Waals surface area contributed by atoms with Crippen molar-refractivity contribution >= 4 is 68.3 Å². The number of nitrogens with one attached hydrogen (secondary N) is 2. The monoisotopic (exact) mass is 492 g/mol. The number of halogens is 4. The van der Waals surface area contributed by atoms with Crippen LogP contribution in [0, 0.1) is 10.1 Å². The Bertz CT molecular complexity index is 1050. The maximum absolute atomic E-state index is 12.3. The summed E-state index contributed by atoms with van der Waals surface area (Å²) in [6.45, 7) is 0.332. The first kappa shape index (κ1) is 19.6. The molecular weight excluding hydrogens is 486 g/mol. The molecule has 0 radical (unpaired) electrons. The molecule has 0 aliphatic heterocycles. The molecule has 0 aliphatic carbocycles. The highest BCUT2D eigenvalue weighted by atomic mass is 79.9. The lowest BCUT2D eigenvalue weighted by Gasteiger charge is -2.05. The van der Waals surface area contributed by atoms with Gasteiger partial charge in [0, 0.05) is 16.2 Å². The molecule has 0 aliphatic rings. The van der Waals surface area contributed by atoms with Crippen molar-refractivity contribution in [1.82, 2.24) is 20.0 Å². The molecule has 0 atom stereocenters. The molecule has 0 unspecified atom stereocenters. The molecule has 0 bridgehead atoms. The number of aromatic amines is 1. The average Bonchev–Trinajstić information content (AvgIpc) is 3.13. The van der Waals surface area contributed by atoms with E-state index in [0.717, 1.165) is 5.56 Å². The lowest BCUT2D eigenvalue weighted by molar-refractivity contribution is -0.389. The van der Waals surface area contributed by atoms with Crippen LogP contribution in [-0.2, 0) is 6.54 Å². The number of anilines is 1. The average molecular weight is 495 g/mol. The molecule has 3 aromatic rings. The summed E-state index contributed by atoms with van der Waals surface area (Å²) in [6.07, 6.45) is 1.63. The molecule has 13 heteroatoms. The first-order chi connectivity index (χ1) is 12.8. The molecule has 27 heavy (non-hydrogen) atoms. The summed E-state index contributed by atoms with van der Waals surface area (Å²) < 4.78 is 2.03. The minimum atomic E-state index is -0.771. The molecule has 0 spiro atoms. The third kappa shape index (κ3) is 4.24. The molecule has 9 nitrogen and oxygen atoms in total. The Morgan fingerprint density at radius 1 is 1.37 bits per heavy atom. The van der Waals surface area contributed by atoms with Crippen LogP contribution in [0.5, 0.6) is 0 Å². The van der Waals surface area contributed by atoms with E-state index in [1.165, 1.54) is 0 Å². The summed E-state index contributed by atoms with van der Waals surface area (Å²) in [4.78, 5) is 22.3. The van der Waals surface area contributed by atoms with E-state index in [1.807, 2.05) is 0 Å². The van der Waals surface area contributed by atoms with Crippen molar-refractivity contribution in [2.24, 2.45) is 0 Å². The third-order valence-electron chi connectivity index (χ3n) is 3.38. The van der Waals surface area contributed by atoms with Crippen molar-refractivity contribution in [3.05, 3.63) is 65.3 Å². The predicted molar refractivity (Wildman–Crippen MR) is 104 cm³/mol. The van der Waals surface area contributed by atoms with Crippen LogP contribution in [-0.4, -0.2) is 30.8 Å². The van der Waals surface area contributed by atoms with Crippen molar-refractivity contribution in [3.63, 3.8) is 0 Å². The second-order valence-corrected chi connectivity index (χ2v) is 7.28. The zero-order valence-electron chi connectivity index (χ0n) is 13.0. The highest BCUT2D eigenvalue weighted by Crippen LogP contribution is 2.27. The molecule has 140 valence electrons. The van der Waals surface area contributed by atoms with Crippen molar-refractivity contribution in [1.29, 1.82) is 0 Å². The third-order valence-corrected chi connectivity index (χ3v) is 4.91. The second kappa shape index (κ2) is 7.85. The first-order valence-electron chi connectivity index (χ1n) is 7.12. The van der Waals surface area contributed by atoms with Crippen molar-refractivity contribution < 1.29 is 9.72 Å². The Balaban J connectivity index is 1.78. The van der Waals surface area contributed by atoms with E-state index < -0.39 is 16.6 Å². The highest BCUT2D eigenvalue weighted by molar-refractivity contribution is 9.10. The SMILES string of the molecule is O=C(Nc1nn(Cc2ccc(Cl)cc2Cl)cc1Br)c1n[nH]c([N+](=O)[O-])c1Cl. The molecule has 2 aromatic heterocycles. The normalized spacial score (nSPS) is 10.8. The zero-order valence-corrected chi connectivity index (χ0v) is 16.9. The number of H-pyrrole nitrogens is 1. The molecule has 2 N–H and O–H groups in total. The number of nitro groups is 1. The van der Waals surface area contributed by atoms with Gasteiger partial charge in [-0.3, -0.25) is 9.48 Å². The molecule has 0 saturated heterocycles. The van der Waals surface area contributed by atoms with Gasteiger partial charge < -0.3 is 15.4 Å². The zero-order chi connectivity index (χ0) is 19.7. The van der Waals surface area contributed by atoms with Crippen LogP contribution in [0.4, 0.5) is 11.6 Å². The van der Waals surface area contributed by atoms with Crippen LogP contribution in [0.15, 0.2) is 28.9 Å². The molecule has 0 saturated carbocycles. The highest BCUT2D eigenvalue weighted by Gasteiger charge is 2.26. The number of amides is 1. The molecular formula is C14H8BrCl3N6O3. The molecule has 1 amide bonds. The fourth-order valence-corrected chi connectivity index (χ4v) is 3.27. The fraction of sp³-hybridized carbons (Fsp3) is 0.0714. The number of carbonyl (C=O) groups is 1. The first-order valence-corrected chi connectivity index (χ1v) is 9.05. The summed E-state index contributed by atoms with van der Waals surface area (Å²) in [7, 11) is 0. The second-order valence-electron chi connectivity index (χ2n) is 5.20. The summed E-state index contributed by atoms with van der Waals surface area (Å²) in [5, 5.41) is 23.8. The van der Waals surface area contributed by atoms with Gasteiger partial charge >= 0.3 is 5.82 Å². The summed E-state index contributed by atoms with van der Waals surface area (Å²) in [6, 6.07) is 5.09. The summed E-state index contributed by atoms with van der Waals surface area (Å²) >= 11 is 21.1.